The number of carboxylic acids is 1. The number of rotatable bonds is 6. The van der Waals surface area contributed by atoms with Gasteiger partial charge in [-0.3, -0.25) is 4.79 Å². The van der Waals surface area contributed by atoms with E-state index in [0.29, 0.717) is 17.8 Å². The molecule has 6 heteroatoms. The molecule has 20 heavy (non-hydrogen) atoms. The molecule has 0 unspecified atom stereocenters. The molecule has 0 saturated carbocycles. The maximum absolute atomic E-state index is 13.5. The molecule has 1 aromatic carbocycles. The fraction of sp³-hybridized carbons (Fsp3) is 0.286. The van der Waals surface area contributed by atoms with E-state index < -0.39 is 11.8 Å². The van der Waals surface area contributed by atoms with Gasteiger partial charge in [0.15, 0.2) is 0 Å². The van der Waals surface area contributed by atoms with Crippen LogP contribution < -0.4 is 10.2 Å². The second kappa shape index (κ2) is 7.28. The van der Waals surface area contributed by atoms with E-state index in [9.17, 15) is 14.0 Å². The molecular weight excluding hydrogens is 263 g/mol. The maximum Gasteiger partial charge on any atom is 0.328 e. The van der Waals surface area contributed by atoms with Crippen molar-refractivity contribution in [3.05, 3.63) is 35.7 Å². The second-order valence-electron chi connectivity index (χ2n) is 4.22. The molecule has 0 saturated heterocycles. The Labute approximate surface area is 116 Å². The first-order valence-corrected chi connectivity index (χ1v) is 6.11. The Balaban J connectivity index is 2.89. The third-order valence-corrected chi connectivity index (χ3v) is 2.52. The van der Waals surface area contributed by atoms with Crippen LogP contribution >= 0.6 is 0 Å². The summed E-state index contributed by atoms with van der Waals surface area (Å²) in [6.07, 6.45) is 2.23. The summed E-state index contributed by atoms with van der Waals surface area (Å²) in [7, 11) is 1.66. The minimum Gasteiger partial charge on any atom is -0.478 e. The highest BCUT2D eigenvalue weighted by atomic mass is 19.1. The molecule has 0 aliphatic carbocycles. The molecule has 108 valence electrons. The van der Waals surface area contributed by atoms with Gasteiger partial charge < -0.3 is 15.3 Å². The number of amides is 1. The topological polar surface area (TPSA) is 69.6 Å². The van der Waals surface area contributed by atoms with E-state index >= 15 is 0 Å². The molecule has 0 atom stereocenters. The predicted octanol–water partition coefficient (Wildman–Crippen LogP) is 1.50. The van der Waals surface area contributed by atoms with Crippen LogP contribution in [0.1, 0.15) is 12.5 Å². The van der Waals surface area contributed by atoms with Crippen molar-refractivity contribution in [2.24, 2.45) is 0 Å². The number of nitrogens with zero attached hydrogens (tertiary/aromatic N) is 1. The molecule has 0 spiro atoms. The van der Waals surface area contributed by atoms with Gasteiger partial charge in [-0.1, -0.05) is 0 Å². The lowest BCUT2D eigenvalue weighted by molar-refractivity contribution is -0.131. The molecule has 1 rings (SSSR count). The number of benzene rings is 1. The van der Waals surface area contributed by atoms with Crippen LogP contribution in [0, 0.1) is 5.82 Å². The number of likely N-dealkylation sites (N-methyl/N-ethyl adjacent to an activating group) is 2. The maximum atomic E-state index is 13.5. The van der Waals surface area contributed by atoms with E-state index in [1.54, 1.807) is 18.0 Å². The molecule has 0 aromatic heterocycles. The summed E-state index contributed by atoms with van der Waals surface area (Å²) in [4.78, 5) is 23.5. The van der Waals surface area contributed by atoms with Crippen LogP contribution in [0.4, 0.5) is 10.1 Å². The summed E-state index contributed by atoms with van der Waals surface area (Å²) >= 11 is 0. The van der Waals surface area contributed by atoms with E-state index in [4.69, 9.17) is 5.11 Å². The Hall–Kier alpha value is -2.37. The number of hydrogen-bond donors (Lipinski definition) is 2. The summed E-state index contributed by atoms with van der Waals surface area (Å²) < 4.78 is 13.5. The minimum absolute atomic E-state index is 0.0966. The van der Waals surface area contributed by atoms with Gasteiger partial charge in [-0.05, 0) is 36.8 Å². The number of nitrogens with one attached hydrogen (secondary N) is 1. The third kappa shape index (κ3) is 5.09. The van der Waals surface area contributed by atoms with E-state index in [1.807, 2.05) is 6.92 Å². The Morgan fingerprint density at radius 3 is 2.70 bits per heavy atom. The first-order valence-electron chi connectivity index (χ1n) is 6.11. The average molecular weight is 280 g/mol. The number of carbonyl (C=O) groups excluding carboxylic acids is 1. The predicted molar refractivity (Wildman–Crippen MR) is 75.0 cm³/mol. The molecule has 0 heterocycles. The Kier molecular flexibility index (Phi) is 5.71. The average Bonchev–Trinajstić information content (AvgIpc) is 2.36. The largest absolute Gasteiger partial charge is 0.478 e. The summed E-state index contributed by atoms with van der Waals surface area (Å²) in [5.41, 5.74) is 0.923. The van der Waals surface area contributed by atoms with Crippen molar-refractivity contribution in [2.75, 3.05) is 25.0 Å². The second-order valence-corrected chi connectivity index (χ2v) is 4.22. The number of aliphatic carboxylic acids is 1. The van der Waals surface area contributed by atoms with Crippen LogP contribution in [0.15, 0.2) is 24.3 Å². The van der Waals surface area contributed by atoms with Crippen LogP contribution in [0.25, 0.3) is 6.08 Å². The highest BCUT2D eigenvalue weighted by Crippen LogP contribution is 2.18. The summed E-state index contributed by atoms with van der Waals surface area (Å²) in [6.45, 7) is 2.44. The zero-order valence-electron chi connectivity index (χ0n) is 11.4. The SMILES string of the molecule is CCNC(=O)CN(C)c1cc(F)cc(/C=C/C(=O)O)c1. The highest BCUT2D eigenvalue weighted by Gasteiger charge is 2.08. The number of carboxylic acid groups (broad SMARTS) is 1. The molecule has 5 nitrogen and oxygen atoms in total. The molecule has 0 aliphatic heterocycles. The number of hydrogen-bond acceptors (Lipinski definition) is 3. The van der Waals surface area contributed by atoms with E-state index in [-0.39, 0.29) is 12.5 Å². The zero-order valence-corrected chi connectivity index (χ0v) is 11.4. The monoisotopic (exact) mass is 280 g/mol. The van der Waals surface area contributed by atoms with Crippen molar-refractivity contribution in [3.8, 4) is 0 Å². The molecule has 2 N–H and O–H groups in total. The van der Waals surface area contributed by atoms with Crippen LogP contribution in [-0.4, -0.2) is 37.1 Å². The number of carbonyl (C=O) groups is 2. The molecule has 0 fully saturated rings. The normalized spacial score (nSPS) is 10.6. The first kappa shape index (κ1) is 15.7. The molecular formula is C14H17FN2O3. The van der Waals surface area contributed by atoms with Gasteiger partial charge in [0.05, 0.1) is 6.54 Å². The number of halogens is 1. The Morgan fingerprint density at radius 2 is 2.10 bits per heavy atom. The van der Waals surface area contributed by atoms with Crippen LogP contribution in [0.2, 0.25) is 0 Å². The van der Waals surface area contributed by atoms with E-state index in [0.717, 1.165) is 6.08 Å². The fourth-order valence-electron chi connectivity index (χ4n) is 1.64. The van der Waals surface area contributed by atoms with Gasteiger partial charge in [-0.2, -0.15) is 0 Å². The fourth-order valence-corrected chi connectivity index (χ4v) is 1.64. The van der Waals surface area contributed by atoms with Crippen molar-refractivity contribution < 1.29 is 19.1 Å². The van der Waals surface area contributed by atoms with Gasteiger partial charge in [0.2, 0.25) is 5.91 Å². The van der Waals surface area contributed by atoms with E-state index in [2.05, 4.69) is 5.32 Å². The van der Waals surface area contributed by atoms with Gasteiger partial charge in [-0.15, -0.1) is 0 Å². The summed E-state index contributed by atoms with van der Waals surface area (Å²) in [6, 6.07) is 4.13. The third-order valence-electron chi connectivity index (χ3n) is 2.52. The zero-order chi connectivity index (χ0) is 15.1. The molecule has 1 aromatic rings. The van der Waals surface area contributed by atoms with Crippen molar-refractivity contribution in [2.45, 2.75) is 6.92 Å². The Morgan fingerprint density at radius 1 is 1.40 bits per heavy atom. The summed E-state index contributed by atoms with van der Waals surface area (Å²) in [5, 5.41) is 11.2. The lowest BCUT2D eigenvalue weighted by atomic mass is 10.1. The lowest BCUT2D eigenvalue weighted by Gasteiger charge is -2.19. The smallest absolute Gasteiger partial charge is 0.328 e. The van der Waals surface area contributed by atoms with Crippen molar-refractivity contribution in [1.82, 2.24) is 5.32 Å². The van der Waals surface area contributed by atoms with E-state index in [1.165, 1.54) is 18.2 Å². The van der Waals surface area contributed by atoms with Gasteiger partial charge >= 0.3 is 5.97 Å². The first-order chi connectivity index (χ1) is 9.42. The number of anilines is 1. The lowest BCUT2D eigenvalue weighted by Crippen LogP contribution is -2.35. The Bertz CT molecular complexity index is 529. The van der Waals surface area contributed by atoms with Gasteiger partial charge in [-0.25, -0.2) is 9.18 Å². The minimum atomic E-state index is -1.11. The van der Waals surface area contributed by atoms with Crippen LogP contribution in [0.3, 0.4) is 0 Å². The van der Waals surface area contributed by atoms with Crippen molar-refractivity contribution >= 4 is 23.6 Å². The molecule has 0 aliphatic rings. The molecule has 0 radical (unpaired) electrons. The van der Waals surface area contributed by atoms with Crippen molar-refractivity contribution in [3.63, 3.8) is 0 Å². The van der Waals surface area contributed by atoms with Gasteiger partial charge in [0.1, 0.15) is 5.82 Å². The molecule has 0 bridgehead atoms. The van der Waals surface area contributed by atoms with Crippen LogP contribution in [-0.2, 0) is 9.59 Å². The quantitative estimate of drug-likeness (QED) is 0.775. The van der Waals surface area contributed by atoms with Crippen molar-refractivity contribution in [1.29, 1.82) is 0 Å². The van der Waals surface area contributed by atoms with Gasteiger partial charge in [0, 0.05) is 25.4 Å². The standard InChI is InChI=1S/C14H17FN2O3/c1-3-16-13(18)9-17(2)12-7-10(4-5-14(19)20)6-11(15)8-12/h4-8H,3,9H2,1-2H3,(H,16,18)(H,19,20)/b5-4+. The highest BCUT2D eigenvalue weighted by molar-refractivity contribution is 5.85. The van der Waals surface area contributed by atoms with Gasteiger partial charge in [0.25, 0.3) is 0 Å². The molecule has 1 amide bonds. The summed E-state index contributed by atoms with van der Waals surface area (Å²) in [5.74, 6) is -1.76. The van der Waals surface area contributed by atoms with Crippen LogP contribution in [0.5, 0.6) is 0 Å².